The lowest BCUT2D eigenvalue weighted by molar-refractivity contribution is 0.0928. The van der Waals surface area contributed by atoms with Gasteiger partial charge in [-0.25, -0.2) is 0 Å². The smallest absolute Gasteiger partial charge is 0.251 e. The van der Waals surface area contributed by atoms with Gasteiger partial charge in [-0.15, -0.1) is 12.4 Å². The first-order chi connectivity index (χ1) is 8.02. The summed E-state index contributed by atoms with van der Waals surface area (Å²) in [6.07, 6.45) is 3.20. The molecule has 3 N–H and O–H groups in total. The molecular weight excluding hydrogens is 248 g/mol. The Hall–Kier alpha value is -1.06. The Morgan fingerprint density at radius 2 is 1.89 bits per heavy atom. The Bertz CT molecular complexity index is 421. The van der Waals surface area contributed by atoms with Crippen molar-refractivity contribution in [3.8, 4) is 0 Å². The molecule has 1 fully saturated rings. The molecule has 0 radical (unpaired) electrons. The summed E-state index contributed by atoms with van der Waals surface area (Å²) in [5, 5.41) is 2.96. The van der Waals surface area contributed by atoms with Gasteiger partial charge in [0.05, 0.1) is 0 Å². The molecule has 1 aliphatic rings. The fraction of sp³-hybridized carbons (Fsp3) is 0.500. The van der Waals surface area contributed by atoms with Crippen molar-refractivity contribution in [2.75, 3.05) is 6.54 Å². The summed E-state index contributed by atoms with van der Waals surface area (Å²) < 4.78 is 0. The van der Waals surface area contributed by atoms with E-state index in [1.54, 1.807) is 0 Å². The minimum Gasteiger partial charge on any atom is -0.350 e. The number of rotatable bonds is 3. The Morgan fingerprint density at radius 1 is 1.33 bits per heavy atom. The van der Waals surface area contributed by atoms with Crippen molar-refractivity contribution >= 4 is 18.3 Å². The summed E-state index contributed by atoms with van der Waals surface area (Å²) in [5.41, 5.74) is 8.75. The Labute approximate surface area is 115 Å². The van der Waals surface area contributed by atoms with Crippen LogP contribution >= 0.6 is 12.4 Å². The van der Waals surface area contributed by atoms with Gasteiger partial charge in [0.15, 0.2) is 0 Å². The zero-order chi connectivity index (χ0) is 12.5. The molecule has 1 amide bonds. The topological polar surface area (TPSA) is 55.1 Å². The second kappa shape index (κ2) is 5.72. The number of hydrogen-bond donors (Lipinski definition) is 2. The van der Waals surface area contributed by atoms with E-state index in [9.17, 15) is 4.79 Å². The molecule has 1 aromatic rings. The van der Waals surface area contributed by atoms with Crippen LogP contribution in [-0.4, -0.2) is 18.0 Å². The minimum absolute atomic E-state index is 0. The molecule has 4 heteroatoms. The molecule has 0 spiro atoms. The van der Waals surface area contributed by atoms with Crippen LogP contribution in [0.1, 0.15) is 40.7 Å². The molecule has 0 aliphatic heterocycles. The monoisotopic (exact) mass is 268 g/mol. The summed E-state index contributed by atoms with van der Waals surface area (Å²) >= 11 is 0. The first-order valence-corrected chi connectivity index (χ1v) is 6.15. The molecule has 1 aliphatic carbocycles. The van der Waals surface area contributed by atoms with Crippen molar-refractivity contribution < 1.29 is 4.79 Å². The van der Waals surface area contributed by atoms with Gasteiger partial charge in [0.2, 0.25) is 0 Å². The number of carbonyl (C=O) groups is 1. The molecule has 0 unspecified atom stereocenters. The molecule has 18 heavy (non-hydrogen) atoms. The molecule has 0 saturated heterocycles. The van der Waals surface area contributed by atoms with Crippen LogP contribution in [0.15, 0.2) is 18.2 Å². The highest BCUT2D eigenvalue weighted by Gasteiger charge is 2.32. The van der Waals surface area contributed by atoms with E-state index in [2.05, 4.69) is 5.32 Å². The van der Waals surface area contributed by atoms with E-state index in [0.717, 1.165) is 29.5 Å². The number of aryl methyl sites for hydroxylation is 2. The fourth-order valence-electron chi connectivity index (χ4n) is 2.32. The Kier molecular flexibility index (Phi) is 4.77. The molecule has 3 nitrogen and oxygen atoms in total. The normalized spacial score (nSPS) is 16.4. The van der Waals surface area contributed by atoms with Gasteiger partial charge >= 0.3 is 0 Å². The SMILES string of the molecule is Cc1cccc(C)c1C(=O)NCC1(N)CCC1.Cl. The standard InChI is InChI=1S/C14H20N2O.ClH/c1-10-5-3-6-11(2)12(10)13(17)16-9-14(15)7-4-8-14;/h3,5-6H,4,7-9,15H2,1-2H3,(H,16,17);1H. The third kappa shape index (κ3) is 3.03. The molecule has 100 valence electrons. The number of amides is 1. The second-order valence-electron chi connectivity index (χ2n) is 5.17. The van der Waals surface area contributed by atoms with Gasteiger partial charge in [-0.05, 0) is 44.2 Å². The third-order valence-corrected chi connectivity index (χ3v) is 3.66. The van der Waals surface area contributed by atoms with E-state index in [1.807, 2.05) is 32.0 Å². The number of halogens is 1. The van der Waals surface area contributed by atoms with Gasteiger partial charge in [-0.1, -0.05) is 18.2 Å². The van der Waals surface area contributed by atoms with Crippen molar-refractivity contribution in [3.63, 3.8) is 0 Å². The van der Waals surface area contributed by atoms with Crippen molar-refractivity contribution in [1.29, 1.82) is 0 Å². The van der Waals surface area contributed by atoms with E-state index in [-0.39, 0.29) is 23.9 Å². The average Bonchev–Trinajstić information content (AvgIpc) is 2.23. The summed E-state index contributed by atoms with van der Waals surface area (Å²) in [6, 6.07) is 5.89. The van der Waals surface area contributed by atoms with Crippen LogP contribution in [0.2, 0.25) is 0 Å². The van der Waals surface area contributed by atoms with Crippen molar-refractivity contribution in [2.45, 2.75) is 38.6 Å². The lowest BCUT2D eigenvalue weighted by atomic mass is 9.78. The van der Waals surface area contributed by atoms with Crippen molar-refractivity contribution in [3.05, 3.63) is 34.9 Å². The Balaban J connectivity index is 0.00000162. The van der Waals surface area contributed by atoms with Crippen LogP contribution in [0, 0.1) is 13.8 Å². The minimum atomic E-state index is -0.160. The molecule has 1 saturated carbocycles. The molecule has 0 bridgehead atoms. The van der Waals surface area contributed by atoms with Crippen LogP contribution in [-0.2, 0) is 0 Å². The number of benzene rings is 1. The predicted octanol–water partition coefficient (Wildman–Crippen LogP) is 2.34. The van der Waals surface area contributed by atoms with E-state index >= 15 is 0 Å². The third-order valence-electron chi connectivity index (χ3n) is 3.66. The van der Waals surface area contributed by atoms with E-state index in [1.165, 1.54) is 6.42 Å². The highest BCUT2D eigenvalue weighted by Crippen LogP contribution is 2.28. The summed E-state index contributed by atoms with van der Waals surface area (Å²) in [4.78, 5) is 12.1. The molecule has 2 rings (SSSR count). The van der Waals surface area contributed by atoms with Gasteiger partial charge in [0, 0.05) is 17.6 Å². The second-order valence-corrected chi connectivity index (χ2v) is 5.17. The highest BCUT2D eigenvalue weighted by atomic mass is 35.5. The zero-order valence-electron chi connectivity index (χ0n) is 11.0. The first-order valence-electron chi connectivity index (χ1n) is 6.15. The number of hydrogen-bond acceptors (Lipinski definition) is 2. The number of nitrogens with two attached hydrogens (primary N) is 1. The molecule has 0 heterocycles. The van der Waals surface area contributed by atoms with E-state index in [0.29, 0.717) is 6.54 Å². The van der Waals surface area contributed by atoms with Gasteiger partial charge in [0.1, 0.15) is 0 Å². The summed E-state index contributed by atoms with van der Waals surface area (Å²) in [5.74, 6) is -0.00248. The zero-order valence-corrected chi connectivity index (χ0v) is 11.8. The van der Waals surface area contributed by atoms with Gasteiger partial charge < -0.3 is 11.1 Å². The number of nitrogens with one attached hydrogen (secondary N) is 1. The summed E-state index contributed by atoms with van der Waals surface area (Å²) in [6.45, 7) is 4.51. The van der Waals surface area contributed by atoms with E-state index in [4.69, 9.17) is 5.73 Å². The van der Waals surface area contributed by atoms with Gasteiger partial charge in [-0.3, -0.25) is 4.79 Å². The first kappa shape index (κ1) is 15.0. The van der Waals surface area contributed by atoms with Crippen LogP contribution < -0.4 is 11.1 Å². The average molecular weight is 269 g/mol. The quantitative estimate of drug-likeness (QED) is 0.884. The summed E-state index contributed by atoms with van der Waals surface area (Å²) in [7, 11) is 0. The van der Waals surface area contributed by atoms with Crippen molar-refractivity contribution in [1.82, 2.24) is 5.32 Å². The fourth-order valence-corrected chi connectivity index (χ4v) is 2.32. The predicted molar refractivity (Wildman–Crippen MR) is 76.3 cm³/mol. The number of carbonyl (C=O) groups excluding carboxylic acids is 1. The molecule has 1 aromatic carbocycles. The Morgan fingerprint density at radius 3 is 2.33 bits per heavy atom. The molecule has 0 atom stereocenters. The van der Waals surface area contributed by atoms with Crippen molar-refractivity contribution in [2.24, 2.45) is 5.73 Å². The van der Waals surface area contributed by atoms with Gasteiger partial charge in [-0.2, -0.15) is 0 Å². The van der Waals surface area contributed by atoms with Crippen LogP contribution in [0.3, 0.4) is 0 Å². The van der Waals surface area contributed by atoms with E-state index < -0.39 is 0 Å². The highest BCUT2D eigenvalue weighted by molar-refractivity contribution is 5.97. The maximum Gasteiger partial charge on any atom is 0.251 e. The maximum atomic E-state index is 12.1. The van der Waals surface area contributed by atoms with Crippen LogP contribution in [0.4, 0.5) is 0 Å². The lowest BCUT2D eigenvalue weighted by Gasteiger charge is -2.38. The van der Waals surface area contributed by atoms with Crippen LogP contribution in [0.5, 0.6) is 0 Å². The molecule has 0 aromatic heterocycles. The van der Waals surface area contributed by atoms with Gasteiger partial charge in [0.25, 0.3) is 5.91 Å². The lowest BCUT2D eigenvalue weighted by Crippen LogP contribution is -2.55. The maximum absolute atomic E-state index is 12.1. The largest absolute Gasteiger partial charge is 0.350 e. The molecular formula is C14H21ClN2O. The van der Waals surface area contributed by atoms with Crippen LogP contribution in [0.25, 0.3) is 0 Å².